The lowest BCUT2D eigenvalue weighted by atomic mass is 10.1. The minimum absolute atomic E-state index is 0.451. The molecule has 0 aliphatic carbocycles. The summed E-state index contributed by atoms with van der Waals surface area (Å²) < 4.78 is 5.25. The highest BCUT2D eigenvalue weighted by atomic mass is 32.1. The number of aromatic nitrogens is 1. The second-order valence-electron chi connectivity index (χ2n) is 7.27. The van der Waals surface area contributed by atoms with E-state index in [2.05, 4.69) is 25.9 Å². The van der Waals surface area contributed by atoms with Crippen LogP contribution in [0.3, 0.4) is 0 Å². The Balaban J connectivity index is 1.73. The van der Waals surface area contributed by atoms with Gasteiger partial charge >= 0.3 is 6.09 Å². The van der Waals surface area contributed by atoms with E-state index in [0.29, 0.717) is 12.2 Å². The fourth-order valence-electron chi connectivity index (χ4n) is 2.38. The predicted octanol–water partition coefficient (Wildman–Crippen LogP) is 3.71. The van der Waals surface area contributed by atoms with E-state index in [4.69, 9.17) is 4.74 Å². The lowest BCUT2D eigenvalue weighted by molar-refractivity contribution is 0.0636. The Hall–Kier alpha value is -2.61. The van der Waals surface area contributed by atoms with Crippen molar-refractivity contribution in [1.29, 1.82) is 0 Å². The number of amides is 1. The lowest BCUT2D eigenvalue weighted by Crippen LogP contribution is -2.37. The minimum Gasteiger partial charge on any atom is -0.444 e. The summed E-state index contributed by atoms with van der Waals surface area (Å²) in [5, 5.41) is 10.4. The van der Waals surface area contributed by atoms with Gasteiger partial charge in [0.05, 0.1) is 11.6 Å². The van der Waals surface area contributed by atoms with E-state index in [9.17, 15) is 4.79 Å². The van der Waals surface area contributed by atoms with E-state index < -0.39 is 11.7 Å². The van der Waals surface area contributed by atoms with Gasteiger partial charge in [-0.25, -0.2) is 9.78 Å². The summed E-state index contributed by atoms with van der Waals surface area (Å²) in [4.78, 5) is 21.4. The predicted molar refractivity (Wildman–Crippen MR) is 115 cm³/mol. The first-order chi connectivity index (χ1) is 13.2. The van der Waals surface area contributed by atoms with E-state index in [1.807, 2.05) is 58.2 Å². The van der Waals surface area contributed by atoms with Gasteiger partial charge in [0.1, 0.15) is 5.60 Å². The Morgan fingerprint density at radius 2 is 1.93 bits per heavy atom. The topological polar surface area (TPSA) is 87.6 Å². The molecule has 28 heavy (non-hydrogen) atoms. The van der Waals surface area contributed by atoms with Crippen LogP contribution in [0.15, 0.2) is 35.5 Å². The molecule has 2 aromatic rings. The van der Waals surface area contributed by atoms with Crippen molar-refractivity contribution in [2.45, 2.75) is 46.3 Å². The van der Waals surface area contributed by atoms with E-state index in [0.717, 1.165) is 29.5 Å². The maximum Gasteiger partial charge on any atom is 0.412 e. The first kappa shape index (κ1) is 21.7. The summed E-state index contributed by atoms with van der Waals surface area (Å²) in [6.07, 6.45) is 2.27. The van der Waals surface area contributed by atoms with Crippen molar-refractivity contribution >= 4 is 29.1 Å². The molecule has 0 radical (unpaired) electrons. The fourth-order valence-corrected chi connectivity index (χ4v) is 3.11. The number of rotatable bonds is 6. The van der Waals surface area contributed by atoms with Crippen LogP contribution in [0.1, 0.15) is 36.2 Å². The molecule has 0 unspecified atom stereocenters. The zero-order valence-electron chi connectivity index (χ0n) is 17.1. The van der Waals surface area contributed by atoms with Gasteiger partial charge in [-0.1, -0.05) is 12.1 Å². The Morgan fingerprint density at radius 1 is 1.21 bits per heavy atom. The molecule has 0 saturated heterocycles. The number of aryl methyl sites for hydroxylation is 1. The van der Waals surface area contributed by atoms with Crippen LogP contribution in [0, 0.1) is 6.92 Å². The van der Waals surface area contributed by atoms with E-state index >= 15 is 0 Å². The van der Waals surface area contributed by atoms with E-state index in [1.165, 1.54) is 4.88 Å². The van der Waals surface area contributed by atoms with Gasteiger partial charge in [-0.05, 0) is 51.8 Å². The molecule has 0 bridgehead atoms. The normalized spacial score (nSPS) is 11.8. The molecular weight excluding hydrogens is 374 g/mol. The number of aliphatic imine (C=N–C) groups is 1. The summed E-state index contributed by atoms with van der Waals surface area (Å²) in [5.41, 5.74) is 1.36. The highest BCUT2D eigenvalue weighted by Crippen LogP contribution is 2.13. The van der Waals surface area contributed by atoms with Gasteiger partial charge in [-0.3, -0.25) is 10.3 Å². The van der Waals surface area contributed by atoms with Crippen LogP contribution in [0.2, 0.25) is 0 Å². The number of thiazole rings is 1. The fraction of sp³-hybridized carbons (Fsp3) is 0.450. The smallest absolute Gasteiger partial charge is 0.412 e. The molecule has 0 fully saturated rings. The second kappa shape index (κ2) is 10.1. The molecule has 0 aliphatic rings. The van der Waals surface area contributed by atoms with Crippen LogP contribution in [0.5, 0.6) is 0 Å². The highest BCUT2D eigenvalue weighted by molar-refractivity contribution is 7.11. The molecule has 0 saturated carbocycles. The van der Waals surface area contributed by atoms with Crippen LogP contribution >= 0.6 is 11.3 Å². The number of hydrogen-bond donors (Lipinski definition) is 3. The molecular formula is C20H29N5O2S. The first-order valence-electron chi connectivity index (χ1n) is 9.20. The molecule has 1 aromatic heterocycles. The molecule has 8 heteroatoms. The van der Waals surface area contributed by atoms with Crippen molar-refractivity contribution in [3.8, 4) is 0 Å². The first-order valence-corrected chi connectivity index (χ1v) is 10.0. The maximum atomic E-state index is 11.8. The summed E-state index contributed by atoms with van der Waals surface area (Å²) in [5.74, 6) is 0.759. The summed E-state index contributed by atoms with van der Waals surface area (Å²) >= 11 is 1.67. The summed E-state index contributed by atoms with van der Waals surface area (Å²) in [6, 6.07) is 7.73. The van der Waals surface area contributed by atoms with Crippen LogP contribution in [0.25, 0.3) is 0 Å². The van der Waals surface area contributed by atoms with Gasteiger partial charge in [0.15, 0.2) is 5.96 Å². The molecule has 7 nitrogen and oxygen atoms in total. The third kappa shape index (κ3) is 7.96. The van der Waals surface area contributed by atoms with E-state index in [-0.39, 0.29) is 0 Å². The van der Waals surface area contributed by atoms with Crippen LogP contribution in [0.4, 0.5) is 10.5 Å². The number of guanidine groups is 1. The molecule has 3 N–H and O–H groups in total. The third-order valence-corrected chi connectivity index (χ3v) is 4.54. The molecule has 0 atom stereocenters. The van der Waals surface area contributed by atoms with E-state index in [1.54, 1.807) is 18.4 Å². The number of carbonyl (C=O) groups excluding carboxylic acids is 1. The zero-order chi connectivity index (χ0) is 20.6. The number of ether oxygens (including phenoxy) is 1. The van der Waals surface area contributed by atoms with Gasteiger partial charge in [-0.15, -0.1) is 11.3 Å². The van der Waals surface area contributed by atoms with Crippen LogP contribution in [-0.4, -0.2) is 36.2 Å². The second-order valence-corrected chi connectivity index (χ2v) is 8.59. The number of carbonyl (C=O) groups is 1. The number of hydrogen-bond acceptors (Lipinski definition) is 5. The molecule has 152 valence electrons. The summed E-state index contributed by atoms with van der Waals surface area (Å²) in [7, 11) is 1.75. The zero-order valence-corrected chi connectivity index (χ0v) is 17.9. The molecule has 0 spiro atoms. The number of nitrogens with zero attached hydrogens (tertiary/aromatic N) is 2. The average molecular weight is 404 g/mol. The monoisotopic (exact) mass is 403 g/mol. The number of anilines is 1. The Morgan fingerprint density at radius 3 is 2.50 bits per heavy atom. The van der Waals surface area contributed by atoms with Gasteiger partial charge in [0.2, 0.25) is 0 Å². The molecule has 0 aliphatic heterocycles. The molecule has 1 amide bonds. The Bertz CT molecular complexity index is 794. The van der Waals surface area contributed by atoms with Crippen LogP contribution in [-0.2, 0) is 17.7 Å². The largest absolute Gasteiger partial charge is 0.444 e. The van der Waals surface area contributed by atoms with Gasteiger partial charge in [0.25, 0.3) is 0 Å². The van der Waals surface area contributed by atoms with Crippen molar-refractivity contribution in [3.63, 3.8) is 0 Å². The summed E-state index contributed by atoms with van der Waals surface area (Å²) in [6.45, 7) is 8.96. The molecule has 1 aromatic carbocycles. The lowest BCUT2D eigenvalue weighted by Gasteiger charge is -2.19. The van der Waals surface area contributed by atoms with Crippen LogP contribution < -0.4 is 16.0 Å². The van der Waals surface area contributed by atoms with Gasteiger partial charge in [0, 0.05) is 30.4 Å². The SMILES string of the molecule is CN=C(NCCc1ccc(NC(=O)OC(C)(C)C)cc1)NCc1cnc(C)s1. The van der Waals surface area contributed by atoms with Gasteiger partial charge < -0.3 is 15.4 Å². The Labute approximate surface area is 170 Å². The third-order valence-electron chi connectivity index (χ3n) is 3.63. The standard InChI is InChI=1S/C20H29N5O2S/c1-14-23-12-17(28-14)13-24-18(21-5)22-11-10-15-6-8-16(9-7-15)25-19(26)27-20(2,3)4/h6-9,12H,10-11,13H2,1-5H3,(H,25,26)(H2,21,22,24). The van der Waals surface area contributed by atoms with Crippen molar-refractivity contribution in [3.05, 3.63) is 45.9 Å². The number of benzene rings is 1. The van der Waals surface area contributed by atoms with Crippen molar-refractivity contribution in [2.24, 2.45) is 4.99 Å². The molecule has 1 heterocycles. The van der Waals surface area contributed by atoms with Crippen molar-refractivity contribution in [1.82, 2.24) is 15.6 Å². The Kier molecular flexibility index (Phi) is 7.80. The van der Waals surface area contributed by atoms with Crippen molar-refractivity contribution in [2.75, 3.05) is 18.9 Å². The van der Waals surface area contributed by atoms with Crippen molar-refractivity contribution < 1.29 is 9.53 Å². The number of nitrogens with one attached hydrogen (secondary N) is 3. The highest BCUT2D eigenvalue weighted by Gasteiger charge is 2.16. The minimum atomic E-state index is -0.513. The quantitative estimate of drug-likeness (QED) is 0.506. The molecule has 2 rings (SSSR count). The van der Waals surface area contributed by atoms with Gasteiger partial charge in [-0.2, -0.15) is 0 Å². The average Bonchev–Trinajstić information content (AvgIpc) is 3.03. The maximum absolute atomic E-state index is 11.8.